The highest BCUT2D eigenvalue weighted by molar-refractivity contribution is 6.05. The largest absolute Gasteiger partial charge is 0.366 e. The number of aromatic nitrogens is 1. The van der Waals surface area contributed by atoms with Crippen LogP contribution in [0.15, 0.2) is 24.4 Å². The summed E-state index contributed by atoms with van der Waals surface area (Å²) in [7, 11) is 0. The topological polar surface area (TPSA) is 58.9 Å². The first-order valence-electron chi connectivity index (χ1n) is 6.17. The summed E-state index contributed by atoms with van der Waals surface area (Å²) in [5.41, 5.74) is 8.23. The van der Waals surface area contributed by atoms with E-state index >= 15 is 0 Å². The lowest BCUT2D eigenvalue weighted by molar-refractivity contribution is 0.100. The van der Waals surface area contributed by atoms with Gasteiger partial charge in [-0.3, -0.25) is 4.79 Å². The van der Waals surface area contributed by atoms with E-state index in [4.69, 9.17) is 5.73 Å². The second kappa shape index (κ2) is 3.91. The Morgan fingerprint density at radius 2 is 2.00 bits per heavy atom. The Hall–Kier alpha value is -1.77. The average Bonchev–Trinajstić information content (AvgIpc) is 2.98. The summed E-state index contributed by atoms with van der Waals surface area (Å²) >= 11 is 0. The van der Waals surface area contributed by atoms with Crippen molar-refractivity contribution in [2.45, 2.75) is 31.6 Å². The molecule has 1 amide bonds. The van der Waals surface area contributed by atoms with E-state index < -0.39 is 0 Å². The number of amides is 1. The number of nitrogens with two attached hydrogens (primary N) is 1. The van der Waals surface area contributed by atoms with Crippen LogP contribution in [0.25, 0.3) is 10.9 Å². The quantitative estimate of drug-likeness (QED) is 0.815. The number of benzene rings is 1. The van der Waals surface area contributed by atoms with Crippen molar-refractivity contribution in [2.75, 3.05) is 0 Å². The molecule has 0 spiro atoms. The minimum atomic E-state index is -0.365. The summed E-state index contributed by atoms with van der Waals surface area (Å²) in [5, 5.41) is 1.16. The summed E-state index contributed by atoms with van der Waals surface area (Å²) < 4.78 is 0. The highest BCUT2D eigenvalue weighted by Crippen LogP contribution is 2.38. The molecule has 0 saturated heterocycles. The van der Waals surface area contributed by atoms with Gasteiger partial charge in [-0.05, 0) is 36.5 Å². The Morgan fingerprint density at radius 3 is 2.71 bits per heavy atom. The molecule has 1 aromatic heterocycles. The maximum absolute atomic E-state index is 11.3. The van der Waals surface area contributed by atoms with Gasteiger partial charge in [0.1, 0.15) is 0 Å². The van der Waals surface area contributed by atoms with Crippen molar-refractivity contribution in [2.24, 2.45) is 5.73 Å². The van der Waals surface area contributed by atoms with Gasteiger partial charge in [-0.15, -0.1) is 0 Å². The highest BCUT2D eigenvalue weighted by Gasteiger charge is 2.20. The van der Waals surface area contributed by atoms with E-state index in [1.165, 1.54) is 31.2 Å². The van der Waals surface area contributed by atoms with Gasteiger partial charge in [-0.1, -0.05) is 18.9 Å². The lowest BCUT2D eigenvalue weighted by atomic mass is 9.93. The molecule has 0 atom stereocenters. The summed E-state index contributed by atoms with van der Waals surface area (Å²) in [5.74, 6) is 0.283. The third-order valence-corrected chi connectivity index (χ3v) is 3.82. The van der Waals surface area contributed by atoms with Crippen molar-refractivity contribution in [1.82, 2.24) is 4.98 Å². The zero-order valence-corrected chi connectivity index (χ0v) is 9.70. The normalized spacial score (nSPS) is 16.7. The molecule has 88 valence electrons. The van der Waals surface area contributed by atoms with Gasteiger partial charge in [0.05, 0.1) is 11.1 Å². The number of rotatable bonds is 2. The second-order valence-electron chi connectivity index (χ2n) is 4.81. The van der Waals surface area contributed by atoms with E-state index in [9.17, 15) is 4.79 Å². The van der Waals surface area contributed by atoms with Crippen LogP contribution in [0.5, 0.6) is 0 Å². The van der Waals surface area contributed by atoms with E-state index in [2.05, 4.69) is 17.1 Å². The van der Waals surface area contributed by atoms with Gasteiger partial charge in [-0.2, -0.15) is 0 Å². The van der Waals surface area contributed by atoms with Crippen LogP contribution < -0.4 is 5.73 Å². The van der Waals surface area contributed by atoms with Crippen molar-refractivity contribution in [3.63, 3.8) is 0 Å². The molecule has 17 heavy (non-hydrogen) atoms. The number of carbonyl (C=O) groups is 1. The van der Waals surface area contributed by atoms with E-state index in [0.29, 0.717) is 11.5 Å². The van der Waals surface area contributed by atoms with Crippen LogP contribution >= 0.6 is 0 Å². The number of H-pyrrole nitrogens is 1. The highest BCUT2D eigenvalue weighted by atomic mass is 16.1. The number of primary amides is 1. The Bertz CT molecular complexity index is 565. The molecule has 0 bridgehead atoms. The number of hydrogen-bond acceptors (Lipinski definition) is 1. The van der Waals surface area contributed by atoms with Gasteiger partial charge < -0.3 is 10.7 Å². The number of carbonyl (C=O) groups excluding carboxylic acids is 1. The minimum absolute atomic E-state index is 0.365. The van der Waals surface area contributed by atoms with Crippen LogP contribution in [-0.2, 0) is 0 Å². The van der Waals surface area contributed by atoms with Crippen LogP contribution in [0.4, 0.5) is 0 Å². The van der Waals surface area contributed by atoms with E-state index in [0.717, 1.165) is 10.9 Å². The van der Waals surface area contributed by atoms with Gasteiger partial charge >= 0.3 is 0 Å². The van der Waals surface area contributed by atoms with Crippen LogP contribution in [-0.4, -0.2) is 10.9 Å². The predicted molar refractivity (Wildman–Crippen MR) is 68.0 cm³/mol. The third kappa shape index (κ3) is 1.62. The molecule has 2 aromatic rings. The summed E-state index contributed by atoms with van der Waals surface area (Å²) in [6, 6.07) is 5.98. The molecular formula is C14H16N2O. The first-order chi connectivity index (χ1) is 8.27. The molecule has 1 aliphatic rings. The van der Waals surface area contributed by atoms with E-state index in [1.807, 2.05) is 12.3 Å². The van der Waals surface area contributed by atoms with Gasteiger partial charge in [0.25, 0.3) is 5.91 Å². The molecule has 1 saturated carbocycles. The first kappa shape index (κ1) is 10.4. The van der Waals surface area contributed by atoms with Gasteiger partial charge in [0.2, 0.25) is 0 Å². The monoisotopic (exact) mass is 228 g/mol. The molecule has 3 nitrogen and oxygen atoms in total. The molecule has 0 aliphatic heterocycles. The van der Waals surface area contributed by atoms with Gasteiger partial charge in [0.15, 0.2) is 0 Å². The SMILES string of the molecule is NC(=O)c1ccc(C2CCCC2)c2cc[nH]c12. The predicted octanol–water partition coefficient (Wildman–Crippen LogP) is 2.92. The fraction of sp³-hybridized carbons (Fsp3) is 0.357. The standard InChI is InChI=1S/C14H16N2O/c15-14(17)12-6-5-10(9-3-1-2-4-9)11-7-8-16-13(11)12/h5-9,16H,1-4H2,(H2,15,17). The summed E-state index contributed by atoms with van der Waals surface area (Å²) in [4.78, 5) is 14.5. The maximum atomic E-state index is 11.3. The zero-order chi connectivity index (χ0) is 11.8. The van der Waals surface area contributed by atoms with Crippen molar-refractivity contribution in [3.05, 3.63) is 35.5 Å². The summed E-state index contributed by atoms with van der Waals surface area (Å²) in [6.45, 7) is 0. The number of nitrogens with one attached hydrogen (secondary N) is 1. The van der Waals surface area contributed by atoms with Gasteiger partial charge in [0, 0.05) is 11.6 Å². The third-order valence-electron chi connectivity index (χ3n) is 3.82. The minimum Gasteiger partial charge on any atom is -0.366 e. The fourth-order valence-corrected chi connectivity index (χ4v) is 2.98. The fourth-order valence-electron chi connectivity index (χ4n) is 2.98. The molecule has 3 heteroatoms. The molecule has 1 fully saturated rings. The van der Waals surface area contributed by atoms with Crippen molar-refractivity contribution < 1.29 is 4.79 Å². The van der Waals surface area contributed by atoms with Crippen LogP contribution in [0, 0.1) is 0 Å². The molecule has 3 N–H and O–H groups in total. The molecule has 0 unspecified atom stereocenters. The van der Waals surface area contributed by atoms with Crippen LogP contribution in [0.2, 0.25) is 0 Å². The zero-order valence-electron chi connectivity index (χ0n) is 9.70. The van der Waals surface area contributed by atoms with Crippen LogP contribution in [0.3, 0.4) is 0 Å². The van der Waals surface area contributed by atoms with Crippen molar-refractivity contribution in [3.8, 4) is 0 Å². The average molecular weight is 228 g/mol. The van der Waals surface area contributed by atoms with E-state index in [-0.39, 0.29) is 5.91 Å². The molecule has 3 rings (SSSR count). The number of aromatic amines is 1. The lowest BCUT2D eigenvalue weighted by Crippen LogP contribution is -2.12. The molecular weight excluding hydrogens is 212 g/mol. The maximum Gasteiger partial charge on any atom is 0.250 e. The van der Waals surface area contributed by atoms with Crippen molar-refractivity contribution in [1.29, 1.82) is 0 Å². The summed E-state index contributed by atoms with van der Waals surface area (Å²) in [6.07, 6.45) is 7.03. The Kier molecular flexibility index (Phi) is 2.39. The second-order valence-corrected chi connectivity index (χ2v) is 4.81. The number of hydrogen-bond donors (Lipinski definition) is 2. The molecule has 1 heterocycles. The molecule has 1 aliphatic carbocycles. The van der Waals surface area contributed by atoms with E-state index in [1.54, 1.807) is 0 Å². The van der Waals surface area contributed by atoms with Crippen LogP contribution in [0.1, 0.15) is 47.5 Å². The Labute approximate surface area is 100 Å². The Balaban J connectivity index is 2.17. The molecule has 0 radical (unpaired) electrons. The smallest absolute Gasteiger partial charge is 0.250 e. The van der Waals surface area contributed by atoms with Crippen molar-refractivity contribution >= 4 is 16.8 Å². The van der Waals surface area contributed by atoms with Gasteiger partial charge in [-0.25, -0.2) is 0 Å². The lowest BCUT2D eigenvalue weighted by Gasteiger charge is -2.12. The number of fused-ring (bicyclic) bond motifs is 1. The molecule has 1 aromatic carbocycles. The Morgan fingerprint density at radius 1 is 1.24 bits per heavy atom. The first-order valence-corrected chi connectivity index (χ1v) is 6.17.